The highest BCUT2D eigenvalue weighted by molar-refractivity contribution is 6.01. The van der Waals surface area contributed by atoms with E-state index in [9.17, 15) is 29.0 Å². The van der Waals surface area contributed by atoms with Crippen LogP contribution in [0, 0.1) is 5.82 Å². The van der Waals surface area contributed by atoms with Crippen LogP contribution in [0.4, 0.5) is 10.1 Å². The summed E-state index contributed by atoms with van der Waals surface area (Å²) in [5.74, 6) is -1.07. The largest absolute Gasteiger partial charge is 0.463 e. The molecule has 1 heterocycles. The van der Waals surface area contributed by atoms with E-state index >= 15 is 0 Å². The van der Waals surface area contributed by atoms with Crippen molar-refractivity contribution in [1.29, 1.82) is 0 Å². The highest BCUT2D eigenvalue weighted by atomic mass is 19.1. The van der Waals surface area contributed by atoms with Crippen LogP contribution in [0.1, 0.15) is 80.9 Å². The maximum atomic E-state index is 12.6. The van der Waals surface area contributed by atoms with Gasteiger partial charge in [0.15, 0.2) is 6.29 Å². The number of aliphatic hydroxyl groups is 4. The number of β-lactam (4-membered cyclic amide) rings is 1. The van der Waals surface area contributed by atoms with Crippen molar-refractivity contribution in [2.45, 2.75) is 83.3 Å². The van der Waals surface area contributed by atoms with Crippen molar-refractivity contribution in [1.82, 2.24) is 0 Å². The molecule has 1 aliphatic heterocycles. The summed E-state index contributed by atoms with van der Waals surface area (Å²) in [5, 5.41) is 37.9. The topological polar surface area (TPSA) is 154 Å². The first-order valence-electron chi connectivity index (χ1n) is 15.6. The number of hydrogen-bond donors (Lipinski definition) is 4. The average Bonchev–Trinajstić information content (AvgIpc) is 3.05. The summed E-state index contributed by atoms with van der Waals surface area (Å²) in [6.45, 7) is 3.78. The summed E-state index contributed by atoms with van der Waals surface area (Å²) in [5.41, 5.74) is 3.07. The fourth-order valence-electron chi connectivity index (χ4n) is 5.11. The van der Waals surface area contributed by atoms with Crippen LogP contribution in [0.3, 0.4) is 0 Å². The van der Waals surface area contributed by atoms with Crippen LogP contribution in [0.5, 0.6) is 0 Å². The van der Waals surface area contributed by atoms with Crippen LogP contribution in [0.2, 0.25) is 0 Å². The Kier molecular flexibility index (Phi) is 14.0. The molecule has 1 fully saturated rings. The number of anilines is 1. The van der Waals surface area contributed by atoms with Gasteiger partial charge in [0.1, 0.15) is 24.1 Å². The minimum absolute atomic E-state index is 0.0427. The summed E-state index contributed by atoms with van der Waals surface area (Å²) in [6, 6.07) is 21.2. The Hall–Kier alpha value is -4.16. The predicted octanol–water partition coefficient (Wildman–Crippen LogP) is 4.47. The molecule has 3 aromatic carbocycles. The van der Waals surface area contributed by atoms with E-state index in [4.69, 9.17) is 19.7 Å². The summed E-state index contributed by atoms with van der Waals surface area (Å²) >= 11 is 0. The molecule has 1 amide bonds. The van der Waals surface area contributed by atoms with E-state index in [1.54, 1.807) is 17.0 Å². The quantitative estimate of drug-likeness (QED) is 0.112. The number of carbonyl (C=O) groups is 3. The maximum Gasteiger partial charge on any atom is 0.303 e. The predicted molar refractivity (Wildman–Crippen MR) is 172 cm³/mol. The van der Waals surface area contributed by atoms with E-state index in [0.29, 0.717) is 25.7 Å². The molecule has 0 spiro atoms. The first kappa shape index (κ1) is 37.3. The minimum atomic E-state index is -1.48. The SMILES string of the molecule is CC(=O)OCC(O)(CO)CCc1ccc(C2CC(=O)N2c2ccc(CCC(O)O)cc2)cc1.CCC(OC(C)=O)c1ccc(F)cc1. The molecule has 3 unspecified atom stereocenters. The van der Waals surface area contributed by atoms with Gasteiger partial charge in [-0.05, 0) is 72.2 Å². The van der Waals surface area contributed by atoms with Crippen molar-refractivity contribution < 1.29 is 48.7 Å². The Balaban J connectivity index is 0.000000358. The molecule has 10 nitrogen and oxygen atoms in total. The standard InChI is InChI=1S/C25H31NO7.C11H13FO2/c1-17(28)33-16-25(32,15-27)13-12-19-2-7-20(8-3-19)22-14-23(29)26(22)21-9-4-18(5-10-21)6-11-24(30)31;1-3-11(14-8(2)13)9-4-6-10(12)7-5-9/h2-5,7-10,22,24,27,30-32H,6,11-16H2,1H3;4-7,11H,3H2,1-2H3. The Bertz CT molecular complexity index is 1440. The van der Waals surface area contributed by atoms with Crippen LogP contribution in [-0.4, -0.2) is 63.4 Å². The summed E-state index contributed by atoms with van der Waals surface area (Å²) < 4.78 is 22.5. The van der Waals surface area contributed by atoms with Crippen LogP contribution in [0.25, 0.3) is 0 Å². The Morgan fingerprint density at radius 3 is 2.04 bits per heavy atom. The molecule has 0 aliphatic carbocycles. The fourth-order valence-corrected chi connectivity index (χ4v) is 5.11. The highest BCUT2D eigenvalue weighted by Crippen LogP contribution is 2.39. The molecule has 4 N–H and O–H groups in total. The smallest absolute Gasteiger partial charge is 0.303 e. The number of hydrogen-bond acceptors (Lipinski definition) is 9. The Morgan fingerprint density at radius 2 is 1.53 bits per heavy atom. The summed E-state index contributed by atoms with van der Waals surface area (Å²) in [4.78, 5) is 35.8. The van der Waals surface area contributed by atoms with E-state index in [1.165, 1.54) is 26.0 Å². The van der Waals surface area contributed by atoms with Gasteiger partial charge in [0, 0.05) is 26.0 Å². The van der Waals surface area contributed by atoms with Crippen LogP contribution < -0.4 is 4.90 Å². The van der Waals surface area contributed by atoms with Gasteiger partial charge in [-0.2, -0.15) is 0 Å². The van der Waals surface area contributed by atoms with Gasteiger partial charge in [-0.3, -0.25) is 14.4 Å². The number of ether oxygens (including phenoxy) is 2. The third kappa shape index (κ3) is 11.5. The van der Waals surface area contributed by atoms with Gasteiger partial charge in [-0.1, -0.05) is 55.5 Å². The van der Waals surface area contributed by atoms with Gasteiger partial charge in [0.2, 0.25) is 5.91 Å². The van der Waals surface area contributed by atoms with Gasteiger partial charge in [-0.25, -0.2) is 4.39 Å². The second-order valence-corrected chi connectivity index (χ2v) is 11.6. The number of nitrogens with zero attached hydrogens (tertiary/aromatic N) is 1. The number of benzene rings is 3. The minimum Gasteiger partial charge on any atom is -0.463 e. The van der Waals surface area contributed by atoms with Crippen molar-refractivity contribution in [2.24, 2.45) is 0 Å². The summed E-state index contributed by atoms with van der Waals surface area (Å²) in [6.07, 6.45) is 1.04. The van der Waals surface area contributed by atoms with E-state index in [1.807, 2.05) is 55.5 Å². The molecule has 0 bridgehead atoms. The lowest BCUT2D eigenvalue weighted by atomic mass is 9.91. The second-order valence-electron chi connectivity index (χ2n) is 11.6. The molecular weight excluding hydrogens is 609 g/mol. The van der Waals surface area contributed by atoms with Crippen LogP contribution in [-0.2, 0) is 36.7 Å². The van der Waals surface area contributed by atoms with E-state index < -0.39 is 24.5 Å². The molecule has 3 atom stereocenters. The number of esters is 2. The Labute approximate surface area is 274 Å². The van der Waals surface area contributed by atoms with E-state index in [0.717, 1.165) is 27.9 Å². The molecule has 254 valence electrons. The molecule has 11 heteroatoms. The van der Waals surface area contributed by atoms with E-state index in [2.05, 4.69) is 0 Å². The third-order valence-electron chi connectivity index (χ3n) is 7.86. The van der Waals surface area contributed by atoms with Gasteiger partial charge in [-0.15, -0.1) is 0 Å². The second kappa shape index (κ2) is 17.7. The Morgan fingerprint density at radius 1 is 0.936 bits per heavy atom. The van der Waals surface area contributed by atoms with Crippen molar-refractivity contribution in [3.05, 3.63) is 101 Å². The first-order chi connectivity index (χ1) is 22.3. The zero-order valence-corrected chi connectivity index (χ0v) is 27.0. The molecule has 3 aromatic rings. The summed E-state index contributed by atoms with van der Waals surface area (Å²) in [7, 11) is 0. The number of aryl methyl sites for hydroxylation is 2. The molecule has 1 aliphatic rings. The third-order valence-corrected chi connectivity index (χ3v) is 7.86. The van der Waals surface area contributed by atoms with Crippen molar-refractivity contribution in [3.63, 3.8) is 0 Å². The number of rotatable bonds is 14. The van der Waals surface area contributed by atoms with Gasteiger partial charge in [0.05, 0.1) is 19.1 Å². The monoisotopic (exact) mass is 653 g/mol. The zero-order chi connectivity index (χ0) is 34.6. The maximum absolute atomic E-state index is 12.6. The normalized spacial score (nSPS) is 16.0. The zero-order valence-electron chi connectivity index (χ0n) is 27.0. The fraction of sp³-hybridized carbons (Fsp3) is 0.417. The molecule has 0 saturated carbocycles. The molecule has 4 rings (SSSR count). The van der Waals surface area contributed by atoms with Gasteiger partial charge >= 0.3 is 11.9 Å². The molecular formula is C36H44FNO9. The van der Waals surface area contributed by atoms with Crippen molar-refractivity contribution in [3.8, 4) is 0 Å². The number of aliphatic hydroxyl groups excluding tert-OH is 2. The lowest BCUT2D eigenvalue weighted by Gasteiger charge is -2.41. The molecule has 1 saturated heterocycles. The van der Waals surface area contributed by atoms with Gasteiger partial charge in [0.25, 0.3) is 0 Å². The van der Waals surface area contributed by atoms with Crippen molar-refractivity contribution in [2.75, 3.05) is 18.1 Å². The van der Waals surface area contributed by atoms with E-state index in [-0.39, 0.29) is 49.3 Å². The lowest BCUT2D eigenvalue weighted by Crippen LogP contribution is -2.46. The number of carbonyl (C=O) groups excluding carboxylic acids is 3. The number of halogens is 1. The van der Waals surface area contributed by atoms with Crippen molar-refractivity contribution >= 4 is 23.5 Å². The number of amides is 1. The average molecular weight is 654 g/mol. The molecule has 0 aromatic heterocycles. The first-order valence-corrected chi connectivity index (χ1v) is 15.6. The van der Waals surface area contributed by atoms with Gasteiger partial charge < -0.3 is 34.8 Å². The van der Waals surface area contributed by atoms with Crippen LogP contribution in [0.15, 0.2) is 72.8 Å². The molecule has 0 radical (unpaired) electrons. The molecule has 47 heavy (non-hydrogen) atoms. The highest BCUT2D eigenvalue weighted by Gasteiger charge is 2.38. The lowest BCUT2D eigenvalue weighted by molar-refractivity contribution is -0.152. The van der Waals surface area contributed by atoms with Crippen LogP contribution >= 0.6 is 0 Å².